The van der Waals surface area contributed by atoms with E-state index in [4.69, 9.17) is 5.11 Å². The fraction of sp³-hybridized carbons (Fsp3) is 0.667. The number of nitrogens with one attached hydrogen (secondary N) is 1. The van der Waals surface area contributed by atoms with Gasteiger partial charge in [-0.2, -0.15) is 0 Å². The number of nitrogens with zero attached hydrogens (tertiary/aromatic N) is 1. The van der Waals surface area contributed by atoms with Crippen molar-refractivity contribution < 1.29 is 24.2 Å². The highest BCUT2D eigenvalue weighted by Crippen LogP contribution is 2.17. The molecule has 0 aromatic carbocycles. The van der Waals surface area contributed by atoms with Crippen molar-refractivity contribution in [2.24, 2.45) is 5.92 Å². The first-order valence-corrected chi connectivity index (χ1v) is 4.87. The second kappa shape index (κ2) is 5.34. The largest absolute Gasteiger partial charge is 0.480 e. The number of likely N-dealkylation sites (tertiary alicyclic amines) is 1. The molecule has 0 spiro atoms. The van der Waals surface area contributed by atoms with Crippen LogP contribution in [0.4, 0.5) is 4.79 Å². The fourth-order valence-electron chi connectivity index (χ4n) is 1.57. The zero-order chi connectivity index (χ0) is 12.1. The van der Waals surface area contributed by atoms with Gasteiger partial charge in [-0.3, -0.25) is 9.59 Å². The van der Waals surface area contributed by atoms with E-state index in [-0.39, 0.29) is 18.4 Å². The van der Waals surface area contributed by atoms with Crippen LogP contribution in [0, 0.1) is 5.92 Å². The number of aliphatic carboxylic acids is 1. The van der Waals surface area contributed by atoms with Crippen LogP contribution in [0.3, 0.4) is 0 Å². The second-order valence-corrected chi connectivity index (χ2v) is 3.51. The summed E-state index contributed by atoms with van der Waals surface area (Å²) in [6, 6.07) is -0.464. The van der Waals surface area contributed by atoms with E-state index in [9.17, 15) is 14.4 Å². The van der Waals surface area contributed by atoms with E-state index in [0.29, 0.717) is 13.0 Å². The summed E-state index contributed by atoms with van der Waals surface area (Å²) in [4.78, 5) is 34.2. The Morgan fingerprint density at radius 2 is 2.19 bits per heavy atom. The minimum atomic E-state index is -1.10. The molecule has 1 fully saturated rings. The van der Waals surface area contributed by atoms with Gasteiger partial charge in [0.15, 0.2) is 0 Å². The van der Waals surface area contributed by atoms with Crippen molar-refractivity contribution in [2.75, 3.05) is 26.7 Å². The number of esters is 1. The summed E-state index contributed by atoms with van der Waals surface area (Å²) < 4.78 is 4.57. The minimum Gasteiger partial charge on any atom is -0.480 e. The molecular weight excluding hydrogens is 216 g/mol. The van der Waals surface area contributed by atoms with Crippen LogP contribution in [0.25, 0.3) is 0 Å². The summed E-state index contributed by atoms with van der Waals surface area (Å²) in [6.45, 7) is 0.293. The summed E-state index contributed by atoms with van der Waals surface area (Å²) in [7, 11) is 1.30. The Kier molecular flexibility index (Phi) is 4.10. The molecule has 7 nitrogen and oxygen atoms in total. The molecule has 1 saturated heterocycles. The quantitative estimate of drug-likeness (QED) is 0.623. The molecule has 2 amide bonds. The van der Waals surface area contributed by atoms with Crippen molar-refractivity contribution in [3.8, 4) is 0 Å². The third-order valence-corrected chi connectivity index (χ3v) is 2.40. The first kappa shape index (κ1) is 12.3. The van der Waals surface area contributed by atoms with Gasteiger partial charge in [-0.05, 0) is 6.42 Å². The number of methoxy groups -OCH3 is 1. The highest BCUT2D eigenvalue weighted by molar-refractivity contribution is 5.81. The third-order valence-electron chi connectivity index (χ3n) is 2.40. The molecule has 1 heterocycles. The normalized spacial score (nSPS) is 19.3. The summed E-state index contributed by atoms with van der Waals surface area (Å²) in [5, 5.41) is 10.6. The lowest BCUT2D eigenvalue weighted by Gasteiger charge is -2.15. The molecule has 2 N–H and O–H groups in total. The van der Waals surface area contributed by atoms with Crippen molar-refractivity contribution in [3.63, 3.8) is 0 Å². The molecule has 1 atom stereocenters. The van der Waals surface area contributed by atoms with E-state index >= 15 is 0 Å². The highest BCUT2D eigenvalue weighted by Gasteiger charge is 2.31. The summed E-state index contributed by atoms with van der Waals surface area (Å²) in [6.07, 6.45) is 0.549. The molecule has 0 aromatic rings. The predicted molar refractivity (Wildman–Crippen MR) is 52.7 cm³/mol. The Bertz CT molecular complexity index is 304. The van der Waals surface area contributed by atoms with Crippen molar-refractivity contribution in [1.29, 1.82) is 0 Å². The van der Waals surface area contributed by atoms with Gasteiger partial charge in [0.1, 0.15) is 6.54 Å². The van der Waals surface area contributed by atoms with Gasteiger partial charge in [-0.15, -0.1) is 0 Å². The topological polar surface area (TPSA) is 95.9 Å². The van der Waals surface area contributed by atoms with E-state index in [1.807, 2.05) is 0 Å². The Morgan fingerprint density at radius 1 is 1.50 bits per heavy atom. The number of carbonyl (C=O) groups excluding carboxylic acids is 2. The summed E-state index contributed by atoms with van der Waals surface area (Å²) in [5.41, 5.74) is 0. The Labute approximate surface area is 92.4 Å². The minimum absolute atomic E-state index is 0.276. The molecule has 0 aromatic heterocycles. The van der Waals surface area contributed by atoms with Gasteiger partial charge < -0.3 is 20.1 Å². The molecule has 16 heavy (non-hydrogen) atoms. The predicted octanol–water partition coefficient (Wildman–Crippen LogP) is -0.724. The number of hydrogen-bond donors (Lipinski definition) is 2. The van der Waals surface area contributed by atoms with E-state index in [1.54, 1.807) is 0 Å². The fourth-order valence-corrected chi connectivity index (χ4v) is 1.57. The van der Waals surface area contributed by atoms with E-state index in [0.717, 1.165) is 0 Å². The zero-order valence-corrected chi connectivity index (χ0v) is 8.93. The van der Waals surface area contributed by atoms with Crippen molar-refractivity contribution in [2.45, 2.75) is 6.42 Å². The van der Waals surface area contributed by atoms with Gasteiger partial charge in [0.2, 0.25) is 0 Å². The van der Waals surface area contributed by atoms with Gasteiger partial charge in [-0.25, -0.2) is 4.79 Å². The number of ether oxygens (including phenoxy) is 1. The van der Waals surface area contributed by atoms with Crippen molar-refractivity contribution >= 4 is 18.0 Å². The van der Waals surface area contributed by atoms with Crippen LogP contribution in [0.5, 0.6) is 0 Å². The SMILES string of the molecule is COC(=O)C1CCN(C(=O)NCC(=O)O)C1. The third kappa shape index (κ3) is 3.11. The van der Waals surface area contributed by atoms with E-state index in [1.165, 1.54) is 12.0 Å². The molecule has 1 aliphatic heterocycles. The van der Waals surface area contributed by atoms with Gasteiger partial charge in [0, 0.05) is 13.1 Å². The first-order chi connectivity index (χ1) is 7.54. The number of rotatable bonds is 3. The first-order valence-electron chi connectivity index (χ1n) is 4.87. The van der Waals surface area contributed by atoms with Crippen molar-refractivity contribution in [3.05, 3.63) is 0 Å². The molecular formula is C9H14N2O5. The van der Waals surface area contributed by atoms with Crippen LogP contribution >= 0.6 is 0 Å². The molecule has 0 radical (unpaired) electrons. The standard InChI is InChI=1S/C9H14N2O5/c1-16-8(14)6-2-3-11(5-6)9(15)10-4-7(12)13/h6H,2-5H2,1H3,(H,10,15)(H,12,13). The lowest BCUT2D eigenvalue weighted by molar-refractivity contribution is -0.144. The molecule has 1 rings (SSSR count). The molecule has 0 bridgehead atoms. The number of carboxylic acids is 1. The van der Waals surface area contributed by atoms with Crippen LogP contribution in [-0.4, -0.2) is 54.7 Å². The maximum absolute atomic E-state index is 11.4. The Hall–Kier alpha value is -1.79. The highest BCUT2D eigenvalue weighted by atomic mass is 16.5. The van der Waals surface area contributed by atoms with Crippen LogP contribution in [-0.2, 0) is 14.3 Å². The monoisotopic (exact) mass is 230 g/mol. The number of carboxylic acid groups (broad SMARTS) is 1. The molecule has 90 valence electrons. The maximum Gasteiger partial charge on any atom is 0.323 e. The number of urea groups is 1. The average Bonchev–Trinajstić information content (AvgIpc) is 2.74. The smallest absolute Gasteiger partial charge is 0.323 e. The van der Waals surface area contributed by atoms with Gasteiger partial charge in [0.25, 0.3) is 0 Å². The summed E-state index contributed by atoms with van der Waals surface area (Å²) >= 11 is 0. The second-order valence-electron chi connectivity index (χ2n) is 3.51. The maximum atomic E-state index is 11.4. The lowest BCUT2D eigenvalue weighted by atomic mass is 10.1. The zero-order valence-electron chi connectivity index (χ0n) is 8.93. The number of carbonyl (C=O) groups is 3. The Morgan fingerprint density at radius 3 is 2.75 bits per heavy atom. The van der Waals surface area contributed by atoms with Crippen LogP contribution < -0.4 is 5.32 Å². The van der Waals surface area contributed by atoms with Crippen LogP contribution in [0.2, 0.25) is 0 Å². The molecule has 0 saturated carbocycles. The molecule has 0 aliphatic carbocycles. The number of amides is 2. The van der Waals surface area contributed by atoms with Gasteiger partial charge in [0.05, 0.1) is 13.0 Å². The molecule has 1 aliphatic rings. The average molecular weight is 230 g/mol. The van der Waals surface area contributed by atoms with Crippen LogP contribution in [0.15, 0.2) is 0 Å². The van der Waals surface area contributed by atoms with E-state index < -0.39 is 18.5 Å². The number of hydrogen-bond acceptors (Lipinski definition) is 4. The summed E-state index contributed by atoms with van der Waals surface area (Å²) in [5.74, 6) is -1.74. The van der Waals surface area contributed by atoms with Gasteiger partial charge >= 0.3 is 18.0 Å². The molecule has 7 heteroatoms. The van der Waals surface area contributed by atoms with Crippen molar-refractivity contribution in [1.82, 2.24) is 10.2 Å². The molecule has 1 unspecified atom stereocenters. The van der Waals surface area contributed by atoms with Crippen LogP contribution in [0.1, 0.15) is 6.42 Å². The van der Waals surface area contributed by atoms with E-state index in [2.05, 4.69) is 10.1 Å². The van der Waals surface area contributed by atoms with Gasteiger partial charge in [-0.1, -0.05) is 0 Å². The Balaban J connectivity index is 2.37. The lowest BCUT2D eigenvalue weighted by Crippen LogP contribution is -2.41.